The fraction of sp³-hybridized carbons (Fsp3) is 0.368. The van der Waals surface area contributed by atoms with Gasteiger partial charge in [0.2, 0.25) is 0 Å². The first kappa shape index (κ1) is 19.3. The lowest BCUT2D eigenvalue weighted by molar-refractivity contribution is -0.915. The maximum absolute atomic E-state index is 6.33. The van der Waals surface area contributed by atoms with Gasteiger partial charge in [-0.25, -0.2) is 9.97 Å². The highest BCUT2D eigenvalue weighted by atomic mass is 35.5. The van der Waals surface area contributed by atoms with Gasteiger partial charge in [-0.05, 0) is 29.7 Å². The zero-order valence-electron chi connectivity index (χ0n) is 15.0. The molecule has 0 aliphatic carbocycles. The number of anilines is 1. The Labute approximate surface area is 177 Å². The number of hydrogen-bond donors (Lipinski definition) is 2. The third-order valence-corrected chi connectivity index (χ3v) is 7.62. The number of nitrogens with one attached hydrogen (secondary N) is 1. The normalized spacial score (nSPS) is 16.6. The van der Waals surface area contributed by atoms with E-state index in [9.17, 15) is 0 Å². The molecule has 0 spiro atoms. The molecule has 1 atom stereocenters. The smallest absolute Gasteiger partial charge is 0.191 e. The van der Waals surface area contributed by atoms with E-state index in [0.29, 0.717) is 21.0 Å². The summed E-state index contributed by atoms with van der Waals surface area (Å²) in [5, 5.41) is 2.92. The van der Waals surface area contributed by atoms with Gasteiger partial charge in [-0.15, -0.1) is 11.3 Å². The highest BCUT2D eigenvalue weighted by Gasteiger charge is 2.25. The molecule has 0 bridgehead atoms. The molecule has 2 aromatic heterocycles. The molecular formula is C19H21Cl2N4S2+. The largest absolute Gasteiger partial charge is 0.383 e. The van der Waals surface area contributed by atoms with Crippen molar-refractivity contribution >= 4 is 62.3 Å². The summed E-state index contributed by atoms with van der Waals surface area (Å²) in [6, 6.07) is 5.67. The van der Waals surface area contributed by atoms with Crippen LogP contribution in [0.25, 0.3) is 10.2 Å². The summed E-state index contributed by atoms with van der Waals surface area (Å²) in [4.78, 5) is 13.4. The van der Waals surface area contributed by atoms with Crippen molar-refractivity contribution < 1.29 is 4.90 Å². The van der Waals surface area contributed by atoms with Gasteiger partial charge in [-0.3, -0.25) is 0 Å². The Morgan fingerprint density at radius 3 is 2.89 bits per heavy atom. The average Bonchev–Trinajstić information content (AvgIpc) is 3.01. The van der Waals surface area contributed by atoms with Crippen LogP contribution < -0.4 is 10.6 Å². The van der Waals surface area contributed by atoms with Crippen LogP contribution in [-0.4, -0.2) is 23.1 Å². The number of aromatic nitrogens is 2. The zero-order valence-corrected chi connectivity index (χ0v) is 18.2. The van der Waals surface area contributed by atoms with Crippen LogP contribution in [0.15, 0.2) is 23.4 Å². The van der Waals surface area contributed by atoms with Crippen LogP contribution in [0.3, 0.4) is 0 Å². The molecule has 1 aromatic carbocycles. The van der Waals surface area contributed by atoms with E-state index in [-0.39, 0.29) is 0 Å². The SMILES string of the molecule is CCC[NH+]1CCc2c(sc3nc(SCc4ccc(Cl)c(Cl)c4)nc(N)c23)C1. The predicted molar refractivity (Wildman–Crippen MR) is 116 cm³/mol. The average molecular weight is 440 g/mol. The number of benzene rings is 1. The van der Waals surface area contributed by atoms with E-state index in [2.05, 4.69) is 11.9 Å². The molecule has 8 heteroatoms. The van der Waals surface area contributed by atoms with Gasteiger partial charge in [0, 0.05) is 12.2 Å². The van der Waals surface area contributed by atoms with Crippen molar-refractivity contribution in [2.75, 3.05) is 18.8 Å². The molecule has 27 heavy (non-hydrogen) atoms. The van der Waals surface area contributed by atoms with E-state index in [0.717, 1.165) is 34.5 Å². The first-order chi connectivity index (χ1) is 13.0. The minimum atomic E-state index is 0.565. The molecule has 0 radical (unpaired) electrons. The van der Waals surface area contributed by atoms with Gasteiger partial charge in [0.1, 0.15) is 17.2 Å². The van der Waals surface area contributed by atoms with Crippen molar-refractivity contribution in [1.29, 1.82) is 0 Å². The highest BCUT2D eigenvalue weighted by Crippen LogP contribution is 2.36. The Balaban J connectivity index is 1.57. The molecule has 4 rings (SSSR count). The van der Waals surface area contributed by atoms with Crippen molar-refractivity contribution in [2.45, 2.75) is 37.2 Å². The lowest BCUT2D eigenvalue weighted by Gasteiger charge is -2.23. The van der Waals surface area contributed by atoms with Crippen LogP contribution in [0, 0.1) is 0 Å². The number of fused-ring (bicyclic) bond motifs is 3. The fourth-order valence-electron chi connectivity index (χ4n) is 3.54. The van der Waals surface area contributed by atoms with Crippen molar-refractivity contribution in [1.82, 2.24) is 9.97 Å². The molecule has 3 N–H and O–H groups in total. The van der Waals surface area contributed by atoms with Gasteiger partial charge in [0.05, 0.1) is 33.4 Å². The van der Waals surface area contributed by atoms with E-state index in [1.54, 1.807) is 28.0 Å². The van der Waals surface area contributed by atoms with Crippen LogP contribution in [0.1, 0.15) is 29.3 Å². The highest BCUT2D eigenvalue weighted by molar-refractivity contribution is 7.98. The molecule has 1 aliphatic heterocycles. The Morgan fingerprint density at radius 1 is 1.26 bits per heavy atom. The monoisotopic (exact) mass is 439 g/mol. The van der Waals surface area contributed by atoms with Crippen molar-refractivity contribution in [3.8, 4) is 0 Å². The molecular weight excluding hydrogens is 419 g/mol. The standard InChI is InChI=1S/C19H20Cl2N4S2/c1-2-6-25-7-5-12-15(9-25)27-18-16(12)17(22)23-19(24-18)26-10-11-3-4-13(20)14(21)8-11/h3-4,8H,2,5-7,9-10H2,1H3,(H2,22,23,24)/p+1. The summed E-state index contributed by atoms with van der Waals surface area (Å²) >= 11 is 15.4. The number of quaternary nitrogens is 1. The third kappa shape index (κ3) is 4.05. The maximum atomic E-state index is 6.33. The molecule has 0 fully saturated rings. The van der Waals surface area contributed by atoms with Gasteiger partial charge in [-0.2, -0.15) is 0 Å². The Hall–Kier alpha value is -1.05. The van der Waals surface area contributed by atoms with Crippen LogP contribution in [-0.2, 0) is 18.7 Å². The molecule has 3 aromatic rings. The lowest BCUT2D eigenvalue weighted by atomic mass is 10.1. The van der Waals surface area contributed by atoms with Gasteiger partial charge < -0.3 is 10.6 Å². The second kappa shape index (κ2) is 8.13. The second-order valence-corrected chi connectivity index (χ2v) is 9.63. The molecule has 1 aliphatic rings. The molecule has 3 heterocycles. The first-order valence-electron chi connectivity index (χ1n) is 9.03. The van der Waals surface area contributed by atoms with Gasteiger partial charge in [0.25, 0.3) is 0 Å². The maximum Gasteiger partial charge on any atom is 0.191 e. The van der Waals surface area contributed by atoms with Crippen LogP contribution >= 0.6 is 46.3 Å². The number of halogens is 2. The van der Waals surface area contributed by atoms with E-state index < -0.39 is 0 Å². The van der Waals surface area contributed by atoms with Gasteiger partial charge >= 0.3 is 0 Å². The number of thioether (sulfide) groups is 1. The Morgan fingerprint density at radius 2 is 2.11 bits per heavy atom. The minimum Gasteiger partial charge on any atom is -0.383 e. The summed E-state index contributed by atoms with van der Waals surface area (Å²) < 4.78 is 0. The second-order valence-electron chi connectivity index (χ2n) is 6.79. The fourth-order valence-corrected chi connectivity index (χ4v) is 6.02. The summed E-state index contributed by atoms with van der Waals surface area (Å²) in [5.41, 5.74) is 8.78. The molecule has 0 amide bonds. The third-order valence-electron chi connectivity index (χ3n) is 4.84. The quantitative estimate of drug-likeness (QED) is 0.461. The van der Waals surface area contributed by atoms with Crippen molar-refractivity contribution in [2.24, 2.45) is 0 Å². The topological polar surface area (TPSA) is 56.2 Å². The first-order valence-corrected chi connectivity index (χ1v) is 11.6. The molecule has 0 saturated carbocycles. The van der Waals surface area contributed by atoms with E-state index in [1.165, 1.54) is 30.0 Å². The molecule has 142 valence electrons. The van der Waals surface area contributed by atoms with Crippen LogP contribution in [0.4, 0.5) is 5.82 Å². The van der Waals surface area contributed by atoms with Gasteiger partial charge in [-0.1, -0.05) is 48.0 Å². The molecule has 1 unspecified atom stereocenters. The summed E-state index contributed by atoms with van der Waals surface area (Å²) in [7, 11) is 0. The number of nitrogen functional groups attached to an aromatic ring is 1. The summed E-state index contributed by atoms with van der Waals surface area (Å²) in [6.45, 7) is 5.71. The molecule has 4 nitrogen and oxygen atoms in total. The number of hydrogen-bond acceptors (Lipinski definition) is 5. The Kier molecular flexibility index (Phi) is 5.81. The van der Waals surface area contributed by atoms with Crippen LogP contribution in [0.5, 0.6) is 0 Å². The summed E-state index contributed by atoms with van der Waals surface area (Å²) in [6.07, 6.45) is 2.28. The Bertz CT molecular complexity index is 989. The number of thiophene rings is 1. The number of rotatable bonds is 5. The number of nitrogens with zero attached hydrogens (tertiary/aromatic N) is 2. The van der Waals surface area contributed by atoms with E-state index >= 15 is 0 Å². The summed E-state index contributed by atoms with van der Waals surface area (Å²) in [5.74, 6) is 1.33. The lowest BCUT2D eigenvalue weighted by Crippen LogP contribution is -3.11. The zero-order chi connectivity index (χ0) is 19.0. The molecule has 0 saturated heterocycles. The van der Waals surface area contributed by atoms with E-state index in [4.69, 9.17) is 33.9 Å². The van der Waals surface area contributed by atoms with Crippen molar-refractivity contribution in [3.05, 3.63) is 44.2 Å². The number of nitrogens with two attached hydrogens (primary N) is 1. The van der Waals surface area contributed by atoms with Crippen molar-refractivity contribution in [3.63, 3.8) is 0 Å². The predicted octanol–water partition coefficient (Wildman–Crippen LogP) is 4.22. The van der Waals surface area contributed by atoms with Gasteiger partial charge in [0.15, 0.2) is 5.16 Å². The van der Waals surface area contributed by atoms with E-state index in [1.807, 2.05) is 18.2 Å². The van der Waals surface area contributed by atoms with Crippen LogP contribution in [0.2, 0.25) is 10.0 Å². The minimum absolute atomic E-state index is 0.565.